The highest BCUT2D eigenvalue weighted by Gasteiger charge is 2.70. The Bertz CT molecular complexity index is 1710. The van der Waals surface area contributed by atoms with Crippen LogP contribution in [0.4, 0.5) is 0 Å². The lowest BCUT2D eigenvalue weighted by Gasteiger charge is -2.65. The Kier molecular flexibility index (Phi) is 8.73. The van der Waals surface area contributed by atoms with E-state index >= 15 is 0 Å². The summed E-state index contributed by atoms with van der Waals surface area (Å²) in [6.07, 6.45) is 3.07. The second-order valence-electron chi connectivity index (χ2n) is 14.1. The number of esters is 1. The maximum atomic E-state index is 13.7. The molecule has 47 heavy (non-hydrogen) atoms. The molecule has 13 heteroatoms. The lowest BCUT2D eigenvalue weighted by molar-refractivity contribution is -0.262. The highest BCUT2D eigenvalue weighted by Crippen LogP contribution is 2.68. The van der Waals surface area contributed by atoms with E-state index in [1.807, 2.05) is 6.92 Å². The molecule has 11 nitrogen and oxygen atoms in total. The minimum absolute atomic E-state index is 0.0264. The summed E-state index contributed by atoms with van der Waals surface area (Å²) < 4.78 is 89.2. The smallest absolute Gasteiger partial charge is 0.308 e. The largest absolute Gasteiger partial charge is 0.497 e. The number of rotatable bonds is 9. The first-order valence-corrected chi connectivity index (χ1v) is 18.9. The Balaban J connectivity index is 1.36. The Morgan fingerprint density at radius 1 is 0.809 bits per heavy atom. The second kappa shape index (κ2) is 12.0. The third-order valence-corrected chi connectivity index (χ3v) is 14.3. The van der Waals surface area contributed by atoms with Crippen LogP contribution in [0.5, 0.6) is 11.5 Å². The van der Waals surface area contributed by atoms with Crippen LogP contribution in [0.25, 0.3) is 0 Å². The summed E-state index contributed by atoms with van der Waals surface area (Å²) in [7, 11) is -5.49. The van der Waals surface area contributed by atoms with Crippen molar-refractivity contribution in [3.05, 3.63) is 48.5 Å². The van der Waals surface area contributed by atoms with Crippen molar-refractivity contribution in [1.82, 2.24) is 0 Å². The summed E-state index contributed by atoms with van der Waals surface area (Å²) in [5.74, 6) is 0.643. The predicted molar refractivity (Wildman–Crippen MR) is 170 cm³/mol. The fraction of sp³-hybridized carbons (Fsp3) is 0.618. The third kappa shape index (κ3) is 5.75. The number of ether oxygens (including phenoxy) is 4. The SMILES string of the molecule is COc1ccc(S(=O)(=O)OC[C@@]2(C)C3CC[C@@H](C)[C@]4(CCC5(COC(=O)C5)O4)[C@@]3(C)CC[C@@H]2OS(=O)(=O)c2ccc(OC)cc2)cc1. The van der Waals surface area contributed by atoms with Gasteiger partial charge in [0.05, 0.1) is 48.7 Å². The van der Waals surface area contributed by atoms with Gasteiger partial charge in [-0.05, 0) is 98.9 Å². The molecule has 0 N–H and O–H groups in total. The fourth-order valence-electron chi connectivity index (χ4n) is 9.03. The summed E-state index contributed by atoms with van der Waals surface area (Å²) in [5.41, 5.74) is -2.89. The van der Waals surface area contributed by atoms with Gasteiger partial charge in [-0.1, -0.05) is 20.8 Å². The molecule has 0 aromatic heterocycles. The molecular formula is C34H44O11S2. The van der Waals surface area contributed by atoms with E-state index in [1.165, 1.54) is 38.5 Å². The molecule has 2 saturated heterocycles. The molecule has 2 saturated carbocycles. The zero-order chi connectivity index (χ0) is 33.9. The summed E-state index contributed by atoms with van der Waals surface area (Å²) in [6.45, 7) is 6.14. The summed E-state index contributed by atoms with van der Waals surface area (Å²) in [5, 5.41) is 0. The van der Waals surface area contributed by atoms with E-state index in [0.717, 1.165) is 6.42 Å². The van der Waals surface area contributed by atoms with Crippen LogP contribution in [-0.4, -0.2) is 67.5 Å². The van der Waals surface area contributed by atoms with Crippen LogP contribution in [0.2, 0.25) is 0 Å². The number of hydrogen-bond acceptors (Lipinski definition) is 11. The molecule has 2 heterocycles. The second-order valence-corrected chi connectivity index (χ2v) is 17.3. The Hall–Kier alpha value is -2.71. The molecular weight excluding hydrogens is 648 g/mol. The minimum Gasteiger partial charge on any atom is -0.497 e. The number of cyclic esters (lactones) is 1. The van der Waals surface area contributed by atoms with Crippen LogP contribution in [0, 0.1) is 22.7 Å². The van der Waals surface area contributed by atoms with Gasteiger partial charge in [-0.3, -0.25) is 13.2 Å². The maximum Gasteiger partial charge on any atom is 0.308 e. The van der Waals surface area contributed by atoms with Gasteiger partial charge in [-0.2, -0.15) is 16.8 Å². The molecule has 2 aromatic rings. The van der Waals surface area contributed by atoms with Gasteiger partial charge in [0.2, 0.25) is 0 Å². The zero-order valence-electron chi connectivity index (χ0n) is 27.5. The van der Waals surface area contributed by atoms with E-state index in [9.17, 15) is 21.6 Å². The molecule has 2 aliphatic heterocycles. The average molecular weight is 693 g/mol. The van der Waals surface area contributed by atoms with E-state index in [2.05, 4.69) is 13.8 Å². The third-order valence-electron chi connectivity index (χ3n) is 11.7. The van der Waals surface area contributed by atoms with Crippen molar-refractivity contribution >= 4 is 26.2 Å². The van der Waals surface area contributed by atoms with Crippen molar-refractivity contribution in [2.45, 2.75) is 92.8 Å². The van der Waals surface area contributed by atoms with Gasteiger partial charge in [0.1, 0.15) is 23.7 Å². The molecule has 2 aromatic carbocycles. The summed E-state index contributed by atoms with van der Waals surface area (Å²) in [6, 6.07) is 11.9. The Morgan fingerprint density at radius 2 is 1.40 bits per heavy atom. The Morgan fingerprint density at radius 3 is 1.96 bits per heavy atom. The highest BCUT2D eigenvalue weighted by atomic mass is 32.2. The number of fused-ring (bicyclic) bond motifs is 2. The van der Waals surface area contributed by atoms with E-state index in [1.54, 1.807) is 24.3 Å². The van der Waals surface area contributed by atoms with Gasteiger partial charge >= 0.3 is 5.97 Å². The molecule has 6 rings (SSSR count). The summed E-state index contributed by atoms with van der Waals surface area (Å²) >= 11 is 0. The quantitative estimate of drug-likeness (QED) is 0.251. The van der Waals surface area contributed by atoms with Crippen molar-refractivity contribution < 1.29 is 48.9 Å². The van der Waals surface area contributed by atoms with Crippen molar-refractivity contribution in [3.63, 3.8) is 0 Å². The first-order chi connectivity index (χ1) is 22.1. The standard InChI is InChI=1S/C34H44O11S2/c1-23-6-15-28-31(2,21-43-46(36,37)26-11-7-24(40-4)8-12-26)29(44-47(38,39)27-13-9-25(41-5)10-14-27)16-17-32(28,3)34(23)19-18-33(45-34)20-30(35)42-22-33/h7-14,23,28-29H,6,15-22H2,1-5H3/t23-,28?,29+,31+,32+,33?,34-/m1/s1. The number of carbonyl (C=O) groups excluding carboxylic acids is 1. The van der Waals surface area contributed by atoms with Gasteiger partial charge < -0.3 is 18.9 Å². The van der Waals surface area contributed by atoms with Crippen molar-refractivity contribution in [3.8, 4) is 11.5 Å². The van der Waals surface area contributed by atoms with Gasteiger partial charge in [0, 0.05) is 10.8 Å². The van der Waals surface area contributed by atoms with Crippen LogP contribution in [0.1, 0.15) is 65.7 Å². The van der Waals surface area contributed by atoms with Gasteiger partial charge in [0.25, 0.3) is 20.2 Å². The normalized spacial score (nSPS) is 35.5. The van der Waals surface area contributed by atoms with Gasteiger partial charge in [0.15, 0.2) is 0 Å². The molecule has 0 radical (unpaired) electrons. The topological polar surface area (TPSA) is 141 Å². The predicted octanol–water partition coefficient (Wildman–Crippen LogP) is 5.27. The van der Waals surface area contributed by atoms with Crippen LogP contribution in [0.15, 0.2) is 58.3 Å². The molecule has 7 atom stereocenters. The van der Waals surface area contributed by atoms with Crippen LogP contribution < -0.4 is 9.47 Å². The van der Waals surface area contributed by atoms with Crippen molar-refractivity contribution in [1.29, 1.82) is 0 Å². The maximum absolute atomic E-state index is 13.7. The fourth-order valence-corrected chi connectivity index (χ4v) is 11.2. The van der Waals surface area contributed by atoms with Gasteiger partial charge in [-0.15, -0.1) is 0 Å². The number of benzene rings is 2. The van der Waals surface area contributed by atoms with Crippen molar-refractivity contribution in [2.24, 2.45) is 22.7 Å². The van der Waals surface area contributed by atoms with E-state index in [4.69, 9.17) is 27.3 Å². The van der Waals surface area contributed by atoms with E-state index in [0.29, 0.717) is 43.6 Å². The van der Waals surface area contributed by atoms with Gasteiger partial charge in [-0.25, -0.2) is 0 Å². The number of methoxy groups -OCH3 is 2. The molecule has 4 fully saturated rings. The molecule has 0 bridgehead atoms. The Labute approximate surface area is 277 Å². The van der Waals surface area contributed by atoms with Crippen LogP contribution in [0.3, 0.4) is 0 Å². The van der Waals surface area contributed by atoms with Crippen molar-refractivity contribution in [2.75, 3.05) is 27.4 Å². The number of hydrogen-bond donors (Lipinski definition) is 0. The molecule has 2 spiro atoms. The molecule has 2 unspecified atom stereocenters. The summed E-state index contributed by atoms with van der Waals surface area (Å²) in [4.78, 5) is 12.2. The van der Waals surface area contributed by atoms with Crippen LogP contribution in [-0.2, 0) is 42.9 Å². The highest BCUT2D eigenvalue weighted by molar-refractivity contribution is 7.87. The molecule has 258 valence electrons. The molecule has 0 amide bonds. The van der Waals surface area contributed by atoms with Crippen LogP contribution >= 0.6 is 0 Å². The lowest BCUT2D eigenvalue weighted by Crippen LogP contribution is -2.67. The lowest BCUT2D eigenvalue weighted by atomic mass is 9.43. The average Bonchev–Trinajstić information content (AvgIpc) is 3.62. The molecule has 4 aliphatic rings. The zero-order valence-corrected chi connectivity index (χ0v) is 29.2. The first-order valence-electron chi connectivity index (χ1n) is 16.1. The van der Waals surface area contributed by atoms with E-state index in [-0.39, 0.29) is 47.2 Å². The number of carbonyl (C=O) groups is 1. The monoisotopic (exact) mass is 692 g/mol. The first kappa shape index (κ1) is 34.2. The molecule has 2 aliphatic carbocycles. The van der Waals surface area contributed by atoms with E-state index < -0.39 is 48.4 Å². The minimum atomic E-state index is -4.25.